The van der Waals surface area contributed by atoms with Gasteiger partial charge in [-0.25, -0.2) is 14.8 Å². The molecule has 2 saturated carbocycles. The minimum Gasteiger partial charge on any atom is -0.377 e. The first kappa shape index (κ1) is 23.4. The minimum absolute atomic E-state index is 0.0581. The van der Waals surface area contributed by atoms with Gasteiger partial charge in [0, 0.05) is 34.7 Å². The number of nitrogens with zero attached hydrogens (tertiary/aromatic N) is 3. The molecule has 5 rings (SSSR count). The van der Waals surface area contributed by atoms with Gasteiger partial charge in [0.2, 0.25) is 0 Å². The van der Waals surface area contributed by atoms with Crippen molar-refractivity contribution in [3.05, 3.63) is 36.0 Å². The van der Waals surface area contributed by atoms with Gasteiger partial charge >= 0.3 is 6.03 Å². The van der Waals surface area contributed by atoms with Crippen LogP contribution >= 0.6 is 11.8 Å². The summed E-state index contributed by atoms with van der Waals surface area (Å²) in [6.07, 6.45) is 4.42. The molecule has 1 aromatic heterocycles. The van der Waals surface area contributed by atoms with Crippen LogP contribution in [0.25, 0.3) is 11.4 Å². The van der Waals surface area contributed by atoms with Crippen LogP contribution in [0.1, 0.15) is 59.1 Å². The number of thioether (sulfide) groups is 1. The molecule has 0 bridgehead atoms. The molecule has 2 amide bonds. The molecule has 3 aliphatic rings. The first-order valence-corrected chi connectivity index (χ1v) is 13.1. The van der Waals surface area contributed by atoms with E-state index in [1.165, 1.54) is 0 Å². The van der Waals surface area contributed by atoms with Gasteiger partial charge in [-0.3, -0.25) is 0 Å². The van der Waals surface area contributed by atoms with Gasteiger partial charge in [-0.15, -0.1) is 11.8 Å². The van der Waals surface area contributed by atoms with Crippen molar-refractivity contribution in [3.8, 4) is 11.4 Å². The molecule has 2 aliphatic carbocycles. The van der Waals surface area contributed by atoms with E-state index in [4.69, 9.17) is 14.7 Å². The number of carbonyl (C=O) groups is 1. The zero-order valence-electron chi connectivity index (χ0n) is 20.6. The largest absolute Gasteiger partial charge is 0.377 e. The molecule has 1 saturated heterocycles. The molecule has 34 heavy (non-hydrogen) atoms. The molecule has 2 heterocycles. The Bertz CT molecular complexity index is 1040. The number of hydrogen-bond donors (Lipinski definition) is 2. The average molecular weight is 482 g/mol. The molecule has 182 valence electrons. The van der Waals surface area contributed by atoms with Crippen LogP contribution in [-0.2, 0) is 9.48 Å². The summed E-state index contributed by atoms with van der Waals surface area (Å²) in [6, 6.07) is 10.5. The molecule has 7 nitrogen and oxygen atoms in total. The summed E-state index contributed by atoms with van der Waals surface area (Å²) in [4.78, 5) is 24.5. The van der Waals surface area contributed by atoms with Gasteiger partial charge < -0.3 is 20.3 Å². The van der Waals surface area contributed by atoms with Crippen molar-refractivity contribution in [2.24, 2.45) is 0 Å². The molecule has 1 aliphatic heterocycles. The van der Waals surface area contributed by atoms with Crippen LogP contribution in [0.3, 0.4) is 0 Å². The van der Waals surface area contributed by atoms with Crippen molar-refractivity contribution < 1.29 is 9.53 Å². The third kappa shape index (κ3) is 5.49. The highest BCUT2D eigenvalue weighted by molar-refractivity contribution is 8.01. The van der Waals surface area contributed by atoms with Gasteiger partial charge in [0.15, 0.2) is 5.82 Å². The number of carbonyl (C=O) groups excluding carboxylic acids is 1. The number of urea groups is 1. The van der Waals surface area contributed by atoms with E-state index >= 15 is 0 Å². The number of rotatable bonds is 6. The Hall–Kier alpha value is -2.32. The zero-order valence-corrected chi connectivity index (χ0v) is 21.4. The van der Waals surface area contributed by atoms with Crippen molar-refractivity contribution in [1.82, 2.24) is 15.3 Å². The maximum absolute atomic E-state index is 12.1. The molecule has 1 aromatic carbocycles. The molecule has 3 fully saturated rings. The van der Waals surface area contributed by atoms with E-state index in [2.05, 4.69) is 49.3 Å². The van der Waals surface area contributed by atoms with Crippen LogP contribution in [0.5, 0.6) is 0 Å². The lowest BCUT2D eigenvalue weighted by Gasteiger charge is -2.35. The van der Waals surface area contributed by atoms with Crippen molar-refractivity contribution in [2.75, 3.05) is 30.0 Å². The normalized spacial score (nSPS) is 21.8. The number of nitrogens with one attached hydrogen (secondary N) is 2. The number of anilines is 2. The standard InChI is InChI=1S/C26H35N5O2S/c1-17-16-33-14-13-31(17)22-15-21(26(11-12-26)34-25(2,3)4)29-23(30-22)18-5-7-19(8-6-18)27-24(32)28-20-9-10-20/h5-8,15,17,20H,9-14,16H2,1-4H3,(H2,27,28,32)/t17-/m0/s1. The second-order valence-electron chi connectivity index (χ2n) is 10.7. The maximum atomic E-state index is 12.1. The average Bonchev–Trinajstić information content (AvgIpc) is 3.71. The fraction of sp³-hybridized carbons (Fsp3) is 0.577. The van der Waals surface area contributed by atoms with Crippen LogP contribution in [0, 0.1) is 0 Å². The predicted octanol–water partition coefficient (Wildman–Crippen LogP) is 5.17. The smallest absolute Gasteiger partial charge is 0.319 e. The maximum Gasteiger partial charge on any atom is 0.319 e. The Kier molecular flexibility index (Phi) is 6.23. The molecule has 0 unspecified atom stereocenters. The van der Waals surface area contributed by atoms with E-state index < -0.39 is 0 Å². The van der Waals surface area contributed by atoms with Crippen molar-refractivity contribution in [1.29, 1.82) is 0 Å². The second kappa shape index (κ2) is 9.04. The van der Waals surface area contributed by atoms with Crippen LogP contribution in [0.4, 0.5) is 16.3 Å². The molecule has 2 N–H and O–H groups in total. The number of benzene rings is 1. The van der Waals surface area contributed by atoms with E-state index in [0.717, 1.165) is 60.8 Å². The lowest BCUT2D eigenvalue weighted by atomic mass is 10.1. The monoisotopic (exact) mass is 481 g/mol. The van der Waals surface area contributed by atoms with Crippen molar-refractivity contribution in [2.45, 2.75) is 75.0 Å². The number of hydrogen-bond acceptors (Lipinski definition) is 6. The minimum atomic E-state index is -0.146. The van der Waals surface area contributed by atoms with Crippen LogP contribution < -0.4 is 15.5 Å². The number of amides is 2. The van der Waals surface area contributed by atoms with Gasteiger partial charge in [0.05, 0.1) is 29.7 Å². The van der Waals surface area contributed by atoms with E-state index in [9.17, 15) is 4.79 Å². The molecule has 0 spiro atoms. The highest BCUT2D eigenvalue weighted by Gasteiger charge is 2.49. The zero-order chi connectivity index (χ0) is 23.9. The van der Waals surface area contributed by atoms with Crippen molar-refractivity contribution >= 4 is 29.3 Å². The van der Waals surface area contributed by atoms with Gasteiger partial charge in [0.1, 0.15) is 5.82 Å². The molecule has 1 atom stereocenters. The summed E-state index contributed by atoms with van der Waals surface area (Å²) in [5.74, 6) is 1.71. The summed E-state index contributed by atoms with van der Waals surface area (Å²) in [5.41, 5.74) is 2.84. The summed E-state index contributed by atoms with van der Waals surface area (Å²) in [5, 5.41) is 5.87. The molecular weight excluding hydrogens is 446 g/mol. The summed E-state index contributed by atoms with van der Waals surface area (Å²) in [7, 11) is 0. The van der Waals surface area contributed by atoms with Gasteiger partial charge in [-0.05, 0) is 56.9 Å². The Labute approximate surface area is 206 Å². The van der Waals surface area contributed by atoms with Gasteiger partial charge in [0.25, 0.3) is 0 Å². The predicted molar refractivity (Wildman–Crippen MR) is 139 cm³/mol. The first-order valence-electron chi connectivity index (χ1n) is 12.3. The Morgan fingerprint density at radius 3 is 2.53 bits per heavy atom. The molecular formula is C26H35N5O2S. The number of ether oxygens (including phenoxy) is 1. The summed E-state index contributed by atoms with van der Waals surface area (Å²) >= 11 is 2.01. The first-order chi connectivity index (χ1) is 16.2. The molecule has 0 radical (unpaired) electrons. The molecule has 2 aromatic rings. The van der Waals surface area contributed by atoms with Gasteiger partial charge in [-0.1, -0.05) is 20.8 Å². The summed E-state index contributed by atoms with van der Waals surface area (Å²) < 4.78 is 5.88. The second-order valence-corrected chi connectivity index (χ2v) is 12.9. The third-order valence-electron chi connectivity index (χ3n) is 6.36. The van der Waals surface area contributed by atoms with Gasteiger partial charge in [-0.2, -0.15) is 0 Å². The number of morpholine rings is 1. The van der Waals surface area contributed by atoms with Crippen molar-refractivity contribution in [3.63, 3.8) is 0 Å². The quantitative estimate of drug-likeness (QED) is 0.592. The highest BCUT2D eigenvalue weighted by Crippen LogP contribution is 2.60. The SMILES string of the molecule is C[C@H]1COCCN1c1cc(C2(SC(C)(C)C)CC2)nc(-c2ccc(NC(=O)NC3CC3)cc2)n1. The lowest BCUT2D eigenvalue weighted by Crippen LogP contribution is -2.44. The third-order valence-corrected chi connectivity index (χ3v) is 7.98. The molecule has 8 heteroatoms. The Morgan fingerprint density at radius 2 is 1.91 bits per heavy atom. The van der Waals surface area contributed by atoms with Crippen LogP contribution in [0.15, 0.2) is 30.3 Å². The van der Waals surface area contributed by atoms with E-state index in [1.54, 1.807) is 0 Å². The van der Waals surface area contributed by atoms with Crippen LogP contribution in [0.2, 0.25) is 0 Å². The summed E-state index contributed by atoms with van der Waals surface area (Å²) in [6.45, 7) is 11.3. The topological polar surface area (TPSA) is 79.4 Å². The highest BCUT2D eigenvalue weighted by atomic mass is 32.2. The Morgan fingerprint density at radius 1 is 1.18 bits per heavy atom. The number of aromatic nitrogens is 2. The fourth-order valence-corrected chi connectivity index (χ4v) is 6.09. The fourth-order valence-electron chi connectivity index (χ4n) is 4.40. The lowest BCUT2D eigenvalue weighted by molar-refractivity contribution is 0.0985. The van der Waals surface area contributed by atoms with E-state index in [1.807, 2.05) is 36.0 Å². The Balaban J connectivity index is 1.44. The van der Waals surface area contributed by atoms with E-state index in [-0.39, 0.29) is 21.6 Å². The van der Waals surface area contributed by atoms with E-state index in [0.29, 0.717) is 19.3 Å². The van der Waals surface area contributed by atoms with Crippen LogP contribution in [-0.4, -0.2) is 52.6 Å².